The third-order valence-corrected chi connectivity index (χ3v) is 4.59. The zero-order valence-electron chi connectivity index (χ0n) is 15.3. The van der Waals surface area contributed by atoms with Gasteiger partial charge in [-0.25, -0.2) is 9.97 Å². The molecule has 3 rings (SSSR count). The molecule has 1 N–H and O–H groups in total. The second-order valence-electron chi connectivity index (χ2n) is 6.54. The van der Waals surface area contributed by atoms with Crippen molar-refractivity contribution < 1.29 is 9.90 Å². The van der Waals surface area contributed by atoms with Gasteiger partial charge in [-0.3, -0.25) is 4.79 Å². The van der Waals surface area contributed by atoms with Gasteiger partial charge in [-0.05, 0) is 44.0 Å². The van der Waals surface area contributed by atoms with Crippen molar-refractivity contribution in [2.45, 2.75) is 26.4 Å². The summed E-state index contributed by atoms with van der Waals surface area (Å²) in [4.78, 5) is 23.3. The van der Waals surface area contributed by atoms with Gasteiger partial charge in [0.05, 0.1) is 28.5 Å². The van der Waals surface area contributed by atoms with E-state index in [-0.39, 0.29) is 5.91 Å². The van der Waals surface area contributed by atoms with E-state index in [2.05, 4.69) is 9.97 Å². The molecule has 0 fully saturated rings. The van der Waals surface area contributed by atoms with Crippen LogP contribution in [0.2, 0.25) is 0 Å². The number of aryl methyl sites for hydroxylation is 2. The first-order valence-electron chi connectivity index (χ1n) is 8.69. The van der Waals surface area contributed by atoms with E-state index in [0.29, 0.717) is 18.5 Å². The molecular formula is C21H23N3O2. The Morgan fingerprint density at radius 3 is 2.38 bits per heavy atom. The van der Waals surface area contributed by atoms with E-state index in [1.165, 1.54) is 0 Å². The molecule has 1 aromatic heterocycles. The van der Waals surface area contributed by atoms with Gasteiger partial charge < -0.3 is 10.0 Å². The van der Waals surface area contributed by atoms with E-state index in [1.54, 1.807) is 24.1 Å². The predicted molar refractivity (Wildman–Crippen MR) is 102 cm³/mol. The molecule has 1 amide bonds. The SMILES string of the molecule is Cc1nc2ccc(C(=O)N(C)CCC(O)c3ccccc3)cc2nc1C. The summed E-state index contributed by atoms with van der Waals surface area (Å²) in [5.74, 6) is -0.0906. The minimum absolute atomic E-state index is 0.0906. The Labute approximate surface area is 153 Å². The van der Waals surface area contributed by atoms with Crippen LogP contribution in [0.25, 0.3) is 11.0 Å². The van der Waals surface area contributed by atoms with Crippen LogP contribution >= 0.6 is 0 Å². The van der Waals surface area contributed by atoms with Crippen molar-refractivity contribution in [1.82, 2.24) is 14.9 Å². The van der Waals surface area contributed by atoms with Crippen LogP contribution in [0.4, 0.5) is 0 Å². The molecular weight excluding hydrogens is 326 g/mol. The Bertz CT molecular complexity index is 925. The highest BCUT2D eigenvalue weighted by atomic mass is 16.3. The Morgan fingerprint density at radius 1 is 1.04 bits per heavy atom. The van der Waals surface area contributed by atoms with Gasteiger partial charge in [-0.1, -0.05) is 30.3 Å². The van der Waals surface area contributed by atoms with Crippen molar-refractivity contribution in [3.8, 4) is 0 Å². The van der Waals surface area contributed by atoms with Crippen LogP contribution in [-0.2, 0) is 0 Å². The van der Waals surface area contributed by atoms with Crippen molar-refractivity contribution >= 4 is 16.9 Å². The number of aromatic nitrogens is 2. The normalized spacial score (nSPS) is 12.2. The van der Waals surface area contributed by atoms with Crippen LogP contribution in [0.3, 0.4) is 0 Å². The fourth-order valence-electron chi connectivity index (χ4n) is 2.84. The lowest BCUT2D eigenvalue weighted by Crippen LogP contribution is -2.28. The number of nitrogens with zero attached hydrogens (tertiary/aromatic N) is 3. The summed E-state index contributed by atoms with van der Waals surface area (Å²) in [6, 6.07) is 14.9. The number of amides is 1. The standard InChI is InChI=1S/C21H23N3O2/c1-14-15(2)23-19-13-17(9-10-18(19)22-14)21(26)24(3)12-11-20(25)16-7-5-4-6-8-16/h4-10,13,20,25H,11-12H2,1-3H3. The van der Waals surface area contributed by atoms with Crippen LogP contribution in [0.15, 0.2) is 48.5 Å². The predicted octanol–water partition coefficient (Wildman–Crippen LogP) is 3.44. The second-order valence-corrected chi connectivity index (χ2v) is 6.54. The van der Waals surface area contributed by atoms with E-state index >= 15 is 0 Å². The van der Waals surface area contributed by atoms with Crippen LogP contribution in [0.5, 0.6) is 0 Å². The minimum atomic E-state index is -0.584. The lowest BCUT2D eigenvalue weighted by Gasteiger charge is -2.19. The highest BCUT2D eigenvalue weighted by molar-refractivity contribution is 5.97. The molecule has 0 bridgehead atoms. The number of rotatable bonds is 5. The van der Waals surface area contributed by atoms with Crippen LogP contribution in [0.1, 0.15) is 39.8 Å². The lowest BCUT2D eigenvalue weighted by atomic mass is 10.1. The summed E-state index contributed by atoms with van der Waals surface area (Å²) in [6.07, 6.45) is -0.0997. The Balaban J connectivity index is 1.70. The van der Waals surface area contributed by atoms with Gasteiger partial charge in [0.15, 0.2) is 0 Å². The molecule has 26 heavy (non-hydrogen) atoms. The fraction of sp³-hybridized carbons (Fsp3) is 0.286. The van der Waals surface area contributed by atoms with Crippen molar-refractivity contribution in [1.29, 1.82) is 0 Å². The van der Waals surface area contributed by atoms with Crippen molar-refractivity contribution in [3.63, 3.8) is 0 Å². The van der Waals surface area contributed by atoms with E-state index < -0.39 is 6.10 Å². The van der Waals surface area contributed by atoms with Crippen LogP contribution in [-0.4, -0.2) is 39.5 Å². The molecule has 5 heteroatoms. The van der Waals surface area contributed by atoms with Crippen molar-refractivity contribution in [2.24, 2.45) is 0 Å². The Hall–Kier alpha value is -2.79. The summed E-state index contributed by atoms with van der Waals surface area (Å²) in [7, 11) is 1.75. The fourth-order valence-corrected chi connectivity index (χ4v) is 2.84. The van der Waals surface area contributed by atoms with Gasteiger partial charge in [0, 0.05) is 19.2 Å². The number of aliphatic hydroxyl groups is 1. The molecule has 0 aliphatic rings. The number of benzene rings is 2. The largest absolute Gasteiger partial charge is 0.388 e. The molecule has 0 saturated heterocycles. The first kappa shape index (κ1) is 18.0. The highest BCUT2D eigenvalue weighted by Gasteiger charge is 2.15. The molecule has 0 aliphatic carbocycles. The van der Waals surface area contributed by atoms with Crippen molar-refractivity contribution in [3.05, 3.63) is 71.0 Å². The summed E-state index contributed by atoms with van der Waals surface area (Å²) in [5.41, 5.74) is 4.69. The summed E-state index contributed by atoms with van der Waals surface area (Å²) in [6.45, 7) is 4.30. The second kappa shape index (κ2) is 7.62. The maximum absolute atomic E-state index is 12.7. The molecule has 0 spiro atoms. The van der Waals surface area contributed by atoms with Gasteiger partial charge in [0.2, 0.25) is 0 Å². The minimum Gasteiger partial charge on any atom is -0.388 e. The van der Waals surface area contributed by atoms with Crippen molar-refractivity contribution in [2.75, 3.05) is 13.6 Å². The summed E-state index contributed by atoms with van der Waals surface area (Å²) in [5, 5.41) is 10.3. The van der Waals surface area contributed by atoms with Gasteiger partial charge in [-0.15, -0.1) is 0 Å². The van der Waals surface area contributed by atoms with Crippen LogP contribution < -0.4 is 0 Å². The average molecular weight is 349 g/mol. The molecule has 0 radical (unpaired) electrons. The molecule has 0 aliphatic heterocycles. The smallest absolute Gasteiger partial charge is 0.253 e. The van der Waals surface area contributed by atoms with Gasteiger partial charge in [0.1, 0.15) is 0 Å². The number of hydrogen-bond acceptors (Lipinski definition) is 4. The molecule has 3 aromatic rings. The maximum Gasteiger partial charge on any atom is 0.253 e. The molecule has 1 heterocycles. The first-order valence-corrected chi connectivity index (χ1v) is 8.69. The van der Waals surface area contributed by atoms with E-state index in [1.807, 2.05) is 50.2 Å². The molecule has 5 nitrogen and oxygen atoms in total. The number of hydrogen-bond donors (Lipinski definition) is 1. The van der Waals surface area contributed by atoms with Crippen LogP contribution in [0, 0.1) is 13.8 Å². The average Bonchev–Trinajstić information content (AvgIpc) is 2.66. The topological polar surface area (TPSA) is 66.3 Å². The third kappa shape index (κ3) is 3.89. The molecule has 1 atom stereocenters. The number of fused-ring (bicyclic) bond motifs is 1. The quantitative estimate of drug-likeness (QED) is 0.766. The molecule has 134 valence electrons. The first-order chi connectivity index (χ1) is 12.5. The monoisotopic (exact) mass is 349 g/mol. The van der Waals surface area contributed by atoms with Gasteiger partial charge in [-0.2, -0.15) is 0 Å². The van der Waals surface area contributed by atoms with E-state index in [0.717, 1.165) is 28.0 Å². The van der Waals surface area contributed by atoms with Gasteiger partial charge in [0.25, 0.3) is 5.91 Å². The third-order valence-electron chi connectivity index (χ3n) is 4.59. The highest BCUT2D eigenvalue weighted by Crippen LogP contribution is 2.18. The van der Waals surface area contributed by atoms with E-state index in [4.69, 9.17) is 0 Å². The van der Waals surface area contributed by atoms with Gasteiger partial charge >= 0.3 is 0 Å². The number of carbonyl (C=O) groups is 1. The lowest BCUT2D eigenvalue weighted by molar-refractivity contribution is 0.0761. The number of aliphatic hydroxyl groups excluding tert-OH is 1. The Kier molecular flexibility index (Phi) is 5.28. The maximum atomic E-state index is 12.7. The Morgan fingerprint density at radius 2 is 1.69 bits per heavy atom. The molecule has 2 aromatic carbocycles. The zero-order chi connectivity index (χ0) is 18.7. The zero-order valence-corrected chi connectivity index (χ0v) is 15.3. The number of carbonyl (C=O) groups excluding carboxylic acids is 1. The summed E-state index contributed by atoms with van der Waals surface area (Å²) < 4.78 is 0. The molecule has 0 saturated carbocycles. The van der Waals surface area contributed by atoms with E-state index in [9.17, 15) is 9.90 Å². The summed E-state index contributed by atoms with van der Waals surface area (Å²) >= 11 is 0. The molecule has 1 unspecified atom stereocenters.